The molecular formula is C20H20ClFN2O. The number of aromatic amines is 1. The lowest BCUT2D eigenvalue weighted by atomic mass is 9.74. The van der Waals surface area contributed by atoms with E-state index in [0.717, 1.165) is 23.9 Å². The van der Waals surface area contributed by atoms with Crippen molar-refractivity contribution in [2.24, 2.45) is 5.41 Å². The van der Waals surface area contributed by atoms with E-state index in [1.807, 2.05) is 36.5 Å². The van der Waals surface area contributed by atoms with Crippen molar-refractivity contribution in [1.29, 1.82) is 0 Å². The first-order chi connectivity index (χ1) is 11.7. The van der Waals surface area contributed by atoms with Crippen molar-refractivity contribution in [3.05, 3.63) is 71.7 Å². The third kappa shape index (κ3) is 3.20. The molecule has 2 aromatic carbocycles. The Bertz CT molecular complexity index is 899. The number of H-pyrrole nitrogens is 1. The SMILES string of the molecule is Cl.O=C(c1ccc2[nH]ccc2c1)C1(Cc2ccccc2F)CCNC1. The van der Waals surface area contributed by atoms with Crippen LogP contribution in [0, 0.1) is 11.2 Å². The van der Waals surface area contributed by atoms with E-state index in [4.69, 9.17) is 0 Å². The Balaban J connectivity index is 0.00000182. The minimum atomic E-state index is -0.577. The van der Waals surface area contributed by atoms with Crippen molar-refractivity contribution in [3.63, 3.8) is 0 Å². The van der Waals surface area contributed by atoms with Gasteiger partial charge >= 0.3 is 0 Å². The van der Waals surface area contributed by atoms with Crippen LogP contribution in [0.5, 0.6) is 0 Å². The van der Waals surface area contributed by atoms with Gasteiger partial charge in [0.15, 0.2) is 5.78 Å². The van der Waals surface area contributed by atoms with Gasteiger partial charge in [0, 0.05) is 29.2 Å². The van der Waals surface area contributed by atoms with Crippen LogP contribution in [0.25, 0.3) is 10.9 Å². The molecule has 1 aliphatic heterocycles. The number of benzene rings is 2. The van der Waals surface area contributed by atoms with Crippen LogP contribution in [0.4, 0.5) is 4.39 Å². The number of carbonyl (C=O) groups is 1. The lowest BCUT2D eigenvalue weighted by Gasteiger charge is -2.27. The van der Waals surface area contributed by atoms with Gasteiger partial charge < -0.3 is 10.3 Å². The molecule has 0 bridgehead atoms. The highest BCUT2D eigenvalue weighted by atomic mass is 35.5. The number of halogens is 2. The standard InChI is InChI=1S/C20H19FN2O.ClH/c21-17-4-2-1-3-16(17)12-20(8-10-22-13-20)19(24)15-5-6-18-14(11-15)7-9-23-18;/h1-7,9,11,22-23H,8,10,12-13H2;1H. The normalized spacial score (nSPS) is 19.7. The molecule has 25 heavy (non-hydrogen) atoms. The Labute approximate surface area is 152 Å². The lowest BCUT2D eigenvalue weighted by Crippen LogP contribution is -2.36. The summed E-state index contributed by atoms with van der Waals surface area (Å²) in [5.41, 5.74) is 1.74. The highest BCUT2D eigenvalue weighted by Gasteiger charge is 2.42. The smallest absolute Gasteiger partial charge is 0.170 e. The highest BCUT2D eigenvalue weighted by Crippen LogP contribution is 2.35. The number of hydrogen-bond donors (Lipinski definition) is 2. The molecule has 1 unspecified atom stereocenters. The summed E-state index contributed by atoms with van der Waals surface area (Å²) in [7, 11) is 0. The maximum Gasteiger partial charge on any atom is 0.170 e. The van der Waals surface area contributed by atoms with Gasteiger partial charge in [-0.2, -0.15) is 0 Å². The van der Waals surface area contributed by atoms with Gasteiger partial charge in [-0.25, -0.2) is 4.39 Å². The van der Waals surface area contributed by atoms with E-state index >= 15 is 0 Å². The fourth-order valence-electron chi connectivity index (χ4n) is 3.68. The van der Waals surface area contributed by atoms with Crippen LogP contribution >= 0.6 is 12.4 Å². The van der Waals surface area contributed by atoms with E-state index in [1.165, 1.54) is 6.07 Å². The van der Waals surface area contributed by atoms with Crippen molar-refractivity contribution in [1.82, 2.24) is 10.3 Å². The minimum Gasteiger partial charge on any atom is -0.361 e. The molecule has 0 radical (unpaired) electrons. The summed E-state index contributed by atoms with van der Waals surface area (Å²) in [6.45, 7) is 1.37. The molecule has 2 heterocycles. The predicted octanol–water partition coefficient (Wildman–Crippen LogP) is 4.13. The van der Waals surface area contributed by atoms with Gasteiger partial charge in [0.05, 0.1) is 5.41 Å². The Morgan fingerprint density at radius 3 is 2.76 bits per heavy atom. The van der Waals surface area contributed by atoms with Crippen LogP contribution in [0.2, 0.25) is 0 Å². The third-order valence-corrected chi connectivity index (χ3v) is 5.03. The fourth-order valence-corrected chi connectivity index (χ4v) is 3.68. The zero-order valence-corrected chi connectivity index (χ0v) is 14.5. The monoisotopic (exact) mass is 358 g/mol. The molecule has 0 aliphatic carbocycles. The molecule has 130 valence electrons. The van der Waals surface area contributed by atoms with Crippen molar-refractivity contribution < 1.29 is 9.18 Å². The van der Waals surface area contributed by atoms with Crippen molar-refractivity contribution in [2.45, 2.75) is 12.8 Å². The van der Waals surface area contributed by atoms with Crippen LogP contribution in [0.15, 0.2) is 54.7 Å². The molecule has 3 nitrogen and oxygen atoms in total. The molecule has 2 N–H and O–H groups in total. The van der Waals surface area contributed by atoms with E-state index in [9.17, 15) is 9.18 Å². The Hall–Kier alpha value is -2.17. The van der Waals surface area contributed by atoms with E-state index in [-0.39, 0.29) is 24.0 Å². The first-order valence-electron chi connectivity index (χ1n) is 8.24. The molecule has 0 spiro atoms. The molecule has 4 rings (SSSR count). The maximum atomic E-state index is 14.1. The second-order valence-electron chi connectivity index (χ2n) is 6.58. The van der Waals surface area contributed by atoms with Gasteiger partial charge in [-0.1, -0.05) is 18.2 Å². The number of ketones is 1. The van der Waals surface area contributed by atoms with Crippen molar-refractivity contribution in [3.8, 4) is 0 Å². The Morgan fingerprint density at radius 1 is 1.16 bits per heavy atom. The zero-order chi connectivity index (χ0) is 16.6. The molecule has 1 saturated heterocycles. The minimum absolute atomic E-state index is 0. The summed E-state index contributed by atoms with van der Waals surface area (Å²) >= 11 is 0. The quantitative estimate of drug-likeness (QED) is 0.689. The highest BCUT2D eigenvalue weighted by molar-refractivity contribution is 6.03. The van der Waals surface area contributed by atoms with Gasteiger partial charge in [0.25, 0.3) is 0 Å². The number of hydrogen-bond acceptors (Lipinski definition) is 2. The number of nitrogens with one attached hydrogen (secondary N) is 2. The number of Topliss-reactive ketones (excluding diaryl/α,β-unsaturated/α-hetero) is 1. The van der Waals surface area contributed by atoms with Crippen LogP contribution < -0.4 is 5.32 Å². The molecular weight excluding hydrogens is 339 g/mol. The van der Waals surface area contributed by atoms with Crippen LogP contribution in [0.1, 0.15) is 22.3 Å². The van der Waals surface area contributed by atoms with Gasteiger partial charge in [-0.3, -0.25) is 4.79 Å². The Kier molecular flexibility index (Phi) is 4.93. The van der Waals surface area contributed by atoms with Crippen molar-refractivity contribution >= 4 is 29.1 Å². The fraction of sp³-hybridized carbons (Fsp3) is 0.250. The lowest BCUT2D eigenvalue weighted by molar-refractivity contribution is 0.0815. The zero-order valence-electron chi connectivity index (χ0n) is 13.7. The summed E-state index contributed by atoms with van der Waals surface area (Å²) in [4.78, 5) is 16.4. The maximum absolute atomic E-state index is 14.1. The number of fused-ring (bicyclic) bond motifs is 1. The van der Waals surface area contributed by atoms with Crippen LogP contribution in [-0.2, 0) is 6.42 Å². The Morgan fingerprint density at radius 2 is 2.00 bits per heavy atom. The van der Waals surface area contributed by atoms with Crippen LogP contribution in [-0.4, -0.2) is 23.9 Å². The van der Waals surface area contributed by atoms with Gasteiger partial charge in [0.1, 0.15) is 5.82 Å². The van der Waals surface area contributed by atoms with Gasteiger partial charge in [-0.05, 0) is 55.3 Å². The second-order valence-corrected chi connectivity index (χ2v) is 6.58. The summed E-state index contributed by atoms with van der Waals surface area (Å²) in [5.74, 6) is -0.142. The molecule has 0 amide bonds. The molecule has 1 atom stereocenters. The van der Waals surface area contributed by atoms with E-state index in [1.54, 1.807) is 12.1 Å². The summed E-state index contributed by atoms with van der Waals surface area (Å²) in [6.07, 6.45) is 3.02. The first kappa shape index (κ1) is 17.6. The largest absolute Gasteiger partial charge is 0.361 e. The molecule has 0 saturated carbocycles. The van der Waals surface area contributed by atoms with Gasteiger partial charge in [-0.15, -0.1) is 12.4 Å². The average molecular weight is 359 g/mol. The summed E-state index contributed by atoms with van der Waals surface area (Å²) < 4.78 is 14.1. The van der Waals surface area contributed by atoms with E-state index in [2.05, 4.69) is 10.3 Å². The predicted molar refractivity (Wildman–Crippen MR) is 99.9 cm³/mol. The summed E-state index contributed by atoms with van der Waals surface area (Å²) in [5, 5.41) is 4.31. The first-order valence-corrected chi connectivity index (χ1v) is 8.24. The topological polar surface area (TPSA) is 44.9 Å². The average Bonchev–Trinajstić information content (AvgIpc) is 3.25. The third-order valence-electron chi connectivity index (χ3n) is 5.03. The summed E-state index contributed by atoms with van der Waals surface area (Å²) in [6, 6.07) is 14.4. The molecule has 1 aromatic heterocycles. The second kappa shape index (κ2) is 6.98. The van der Waals surface area contributed by atoms with Crippen molar-refractivity contribution in [2.75, 3.05) is 13.1 Å². The van der Waals surface area contributed by atoms with E-state index < -0.39 is 5.41 Å². The number of aromatic nitrogens is 1. The molecule has 5 heteroatoms. The van der Waals surface area contributed by atoms with E-state index in [0.29, 0.717) is 24.1 Å². The molecule has 3 aromatic rings. The van der Waals surface area contributed by atoms with Gasteiger partial charge in [0.2, 0.25) is 0 Å². The molecule has 1 fully saturated rings. The number of carbonyl (C=O) groups excluding carboxylic acids is 1. The number of rotatable bonds is 4. The molecule has 1 aliphatic rings. The van der Waals surface area contributed by atoms with Crippen LogP contribution in [0.3, 0.4) is 0 Å².